The van der Waals surface area contributed by atoms with Gasteiger partial charge in [-0.1, -0.05) is 6.07 Å². The molecule has 1 fully saturated rings. The Labute approximate surface area is 234 Å². The number of phenolic OH excluding ortho intramolecular Hbond substituents is 1. The largest absolute Gasteiger partial charge is 0.504 e. The third-order valence-corrected chi connectivity index (χ3v) is 8.58. The lowest BCUT2D eigenvalue weighted by atomic mass is 9.50. The van der Waals surface area contributed by atoms with E-state index in [1.54, 1.807) is 6.08 Å². The van der Waals surface area contributed by atoms with Gasteiger partial charge in [0.05, 0.1) is 23.9 Å². The fraction of sp³-hybridized carbons (Fsp3) is 0.536. The number of piperidine rings is 1. The number of carbonyl (C=O) groups excluding carboxylic acids is 4. The SMILES string of the molecule is CC(=O)O[C@@H](CC(=O)OC1=CC[C@@]2(O)[C@H]3Cc4ccc(O)c5c4[C@@]2(CCN3C)[C@H]1O5)C(=O)O[C@@H](CC(=O)O)C(C)=O. The predicted molar refractivity (Wildman–Crippen MR) is 136 cm³/mol. The van der Waals surface area contributed by atoms with E-state index >= 15 is 0 Å². The first-order valence-electron chi connectivity index (χ1n) is 13.2. The topological polar surface area (TPSA) is 186 Å². The molecule has 13 heteroatoms. The number of nitrogens with zero attached hydrogens (tertiary/aromatic N) is 1. The number of carbonyl (C=O) groups is 5. The summed E-state index contributed by atoms with van der Waals surface area (Å²) in [5.41, 5.74) is -0.655. The van der Waals surface area contributed by atoms with E-state index in [0.29, 0.717) is 24.9 Å². The minimum atomic E-state index is -1.81. The number of esters is 3. The summed E-state index contributed by atoms with van der Waals surface area (Å²) < 4.78 is 21.8. The van der Waals surface area contributed by atoms with Gasteiger partial charge in [-0.25, -0.2) is 4.79 Å². The second-order valence-corrected chi connectivity index (χ2v) is 11.0. The molecule has 1 aromatic carbocycles. The molecule has 0 radical (unpaired) electrons. The molecule has 2 heterocycles. The van der Waals surface area contributed by atoms with Crippen LogP contribution in [0.5, 0.6) is 11.5 Å². The molecule has 3 N–H and O–H groups in total. The average molecular weight is 574 g/mol. The molecule has 0 amide bonds. The number of hydrogen-bond acceptors (Lipinski definition) is 12. The minimum Gasteiger partial charge on any atom is -0.504 e. The van der Waals surface area contributed by atoms with Crippen LogP contribution in [-0.4, -0.2) is 93.4 Å². The number of aromatic hydroxyl groups is 1. The highest BCUT2D eigenvalue weighted by molar-refractivity contribution is 5.90. The van der Waals surface area contributed by atoms with Crippen molar-refractivity contribution in [2.75, 3.05) is 13.6 Å². The van der Waals surface area contributed by atoms with Crippen molar-refractivity contribution >= 4 is 29.7 Å². The molecule has 2 aliphatic heterocycles. The van der Waals surface area contributed by atoms with Gasteiger partial charge in [-0.3, -0.25) is 19.2 Å². The van der Waals surface area contributed by atoms with Gasteiger partial charge in [0.2, 0.25) is 6.10 Å². The van der Waals surface area contributed by atoms with Gasteiger partial charge in [0, 0.05) is 24.9 Å². The van der Waals surface area contributed by atoms with Gasteiger partial charge < -0.3 is 39.2 Å². The Hall–Kier alpha value is -3.97. The number of carboxylic acids is 1. The second-order valence-electron chi connectivity index (χ2n) is 11.0. The maximum atomic E-state index is 13.1. The second kappa shape index (κ2) is 10.1. The van der Waals surface area contributed by atoms with Crippen molar-refractivity contribution in [1.29, 1.82) is 0 Å². The zero-order valence-electron chi connectivity index (χ0n) is 22.7. The summed E-state index contributed by atoms with van der Waals surface area (Å²) >= 11 is 0. The van der Waals surface area contributed by atoms with Crippen LogP contribution in [0, 0.1) is 0 Å². The number of aliphatic hydroxyl groups is 1. The molecule has 0 aromatic heterocycles. The Bertz CT molecular complexity index is 1370. The summed E-state index contributed by atoms with van der Waals surface area (Å²) in [4.78, 5) is 62.4. The van der Waals surface area contributed by atoms with Crippen molar-refractivity contribution in [3.05, 3.63) is 35.1 Å². The van der Waals surface area contributed by atoms with Crippen molar-refractivity contribution in [2.24, 2.45) is 0 Å². The molecule has 0 saturated carbocycles. The zero-order valence-corrected chi connectivity index (χ0v) is 22.7. The van der Waals surface area contributed by atoms with Gasteiger partial charge in [-0.2, -0.15) is 0 Å². The molecule has 5 rings (SSSR count). The van der Waals surface area contributed by atoms with Crippen LogP contribution in [-0.2, 0) is 50.0 Å². The van der Waals surface area contributed by atoms with E-state index in [1.165, 1.54) is 6.07 Å². The molecule has 0 unspecified atom stereocenters. The van der Waals surface area contributed by atoms with Crippen LogP contribution in [0.4, 0.5) is 0 Å². The molecule has 2 aliphatic carbocycles. The summed E-state index contributed by atoms with van der Waals surface area (Å²) in [6.45, 7) is 2.66. The van der Waals surface area contributed by atoms with Crippen LogP contribution < -0.4 is 4.74 Å². The molecule has 2 bridgehead atoms. The summed E-state index contributed by atoms with van der Waals surface area (Å²) in [6, 6.07) is 3.10. The van der Waals surface area contributed by atoms with E-state index in [1.807, 2.05) is 13.1 Å². The number of likely N-dealkylation sites (N-methyl/N-ethyl adjacent to an activating group) is 1. The van der Waals surface area contributed by atoms with Gasteiger partial charge in [0.15, 0.2) is 29.5 Å². The first kappa shape index (κ1) is 28.6. The number of ketones is 1. The maximum Gasteiger partial charge on any atom is 0.348 e. The van der Waals surface area contributed by atoms with Gasteiger partial charge in [0.1, 0.15) is 5.76 Å². The fourth-order valence-electron chi connectivity index (χ4n) is 6.78. The standard InChI is InChI=1S/C28H31NO12/c1-13(30)18(11-21(33)34)40-26(36)19(38-14(2)31)12-22(35)39-17-6-7-28(37)20-10-15-4-5-16(32)24-23(15)27(28,25(17)41-24)8-9-29(20)3/h4-6,18-20,25,32,37H,7-12H2,1-3H3,(H,33,34)/t18-,19-,20+,25-,27-,28+/m0/s1. The van der Waals surface area contributed by atoms with Crippen LogP contribution in [0.3, 0.4) is 0 Å². The molecular formula is C28H31NO12. The molecule has 1 spiro atoms. The molecular weight excluding hydrogens is 542 g/mol. The number of rotatable bonds is 9. The van der Waals surface area contributed by atoms with E-state index in [2.05, 4.69) is 4.90 Å². The quantitative estimate of drug-likeness (QED) is 0.274. The number of likely N-dealkylation sites (tertiary alicyclic amines) is 1. The smallest absolute Gasteiger partial charge is 0.348 e. The van der Waals surface area contributed by atoms with Crippen molar-refractivity contribution in [2.45, 2.75) is 81.3 Å². The number of carboxylic acid groups (broad SMARTS) is 1. The minimum absolute atomic E-state index is 0.0776. The van der Waals surface area contributed by atoms with Crippen molar-refractivity contribution in [3.63, 3.8) is 0 Å². The normalized spacial score (nSPS) is 28.7. The van der Waals surface area contributed by atoms with Crippen LogP contribution >= 0.6 is 0 Å². The average Bonchev–Trinajstić information content (AvgIpc) is 3.24. The molecule has 4 aliphatic rings. The number of aliphatic carboxylic acids is 1. The fourth-order valence-corrected chi connectivity index (χ4v) is 6.78. The highest BCUT2D eigenvalue weighted by Gasteiger charge is 2.72. The highest BCUT2D eigenvalue weighted by atomic mass is 16.6. The van der Waals surface area contributed by atoms with Gasteiger partial charge in [-0.15, -0.1) is 0 Å². The van der Waals surface area contributed by atoms with Crippen molar-refractivity contribution in [3.8, 4) is 11.5 Å². The third kappa shape index (κ3) is 4.52. The highest BCUT2D eigenvalue weighted by Crippen LogP contribution is 2.65. The monoisotopic (exact) mass is 573 g/mol. The van der Waals surface area contributed by atoms with E-state index in [9.17, 15) is 34.2 Å². The number of ether oxygens (including phenoxy) is 4. The Morgan fingerprint density at radius 2 is 1.85 bits per heavy atom. The third-order valence-electron chi connectivity index (χ3n) is 8.58. The number of hydrogen-bond donors (Lipinski definition) is 3. The molecule has 220 valence electrons. The van der Waals surface area contributed by atoms with Crippen LogP contribution in [0.1, 0.15) is 50.7 Å². The lowest BCUT2D eigenvalue weighted by Gasteiger charge is -2.61. The van der Waals surface area contributed by atoms with E-state index in [0.717, 1.165) is 19.4 Å². The predicted octanol–water partition coefficient (Wildman–Crippen LogP) is 0.510. The summed E-state index contributed by atoms with van der Waals surface area (Å²) in [6.07, 6.45) is -3.32. The molecule has 1 aromatic rings. The summed E-state index contributed by atoms with van der Waals surface area (Å²) in [7, 11) is 1.94. The summed E-state index contributed by atoms with van der Waals surface area (Å²) in [5, 5.41) is 31.8. The Kier molecular flexibility index (Phi) is 7.06. The van der Waals surface area contributed by atoms with Crippen LogP contribution in [0.25, 0.3) is 0 Å². The maximum absolute atomic E-state index is 13.1. The Balaban J connectivity index is 1.40. The van der Waals surface area contributed by atoms with Crippen molar-refractivity contribution < 1.29 is 58.2 Å². The molecule has 13 nitrogen and oxygen atoms in total. The van der Waals surface area contributed by atoms with E-state index in [-0.39, 0.29) is 29.7 Å². The first-order valence-corrected chi connectivity index (χ1v) is 13.2. The van der Waals surface area contributed by atoms with Crippen LogP contribution in [0.15, 0.2) is 24.0 Å². The Morgan fingerprint density at radius 1 is 1.12 bits per heavy atom. The lowest BCUT2D eigenvalue weighted by Crippen LogP contribution is -2.74. The number of phenols is 1. The van der Waals surface area contributed by atoms with Gasteiger partial charge in [0.25, 0.3) is 0 Å². The molecule has 1 saturated heterocycles. The van der Waals surface area contributed by atoms with Crippen molar-refractivity contribution in [1.82, 2.24) is 4.90 Å². The van der Waals surface area contributed by atoms with Gasteiger partial charge >= 0.3 is 23.9 Å². The van der Waals surface area contributed by atoms with Gasteiger partial charge in [-0.05, 0) is 51.1 Å². The number of Topliss-reactive ketones (excluding diaryl/α,β-unsaturated/α-hetero) is 1. The zero-order chi connectivity index (χ0) is 29.9. The Morgan fingerprint density at radius 3 is 2.51 bits per heavy atom. The van der Waals surface area contributed by atoms with Crippen LogP contribution in [0.2, 0.25) is 0 Å². The van der Waals surface area contributed by atoms with E-state index in [4.69, 9.17) is 24.1 Å². The molecule has 41 heavy (non-hydrogen) atoms. The first-order chi connectivity index (χ1) is 19.3. The number of benzene rings is 1. The lowest BCUT2D eigenvalue weighted by molar-refractivity contribution is -0.178. The summed E-state index contributed by atoms with van der Waals surface area (Å²) in [5.74, 6) is -5.13. The molecule has 6 atom stereocenters. The van der Waals surface area contributed by atoms with E-state index < -0.39 is 71.8 Å².